The van der Waals surface area contributed by atoms with E-state index in [1.54, 1.807) is 11.8 Å². The Bertz CT molecular complexity index is 729. The molecule has 1 aliphatic heterocycles. The summed E-state index contributed by atoms with van der Waals surface area (Å²) in [5.74, 6) is -0.0227. The van der Waals surface area contributed by atoms with Gasteiger partial charge < -0.3 is 9.64 Å². The molecule has 6 heteroatoms. The van der Waals surface area contributed by atoms with Gasteiger partial charge >= 0.3 is 0 Å². The summed E-state index contributed by atoms with van der Waals surface area (Å²) in [5.41, 5.74) is 2.69. The summed E-state index contributed by atoms with van der Waals surface area (Å²) in [7, 11) is 3.39. The van der Waals surface area contributed by atoms with E-state index in [0.717, 1.165) is 29.7 Å². The number of hydrogen-bond acceptors (Lipinski definition) is 3. The second-order valence-electron chi connectivity index (χ2n) is 6.13. The first kappa shape index (κ1) is 17.0. The second kappa shape index (κ2) is 6.95. The van der Waals surface area contributed by atoms with Gasteiger partial charge in [-0.2, -0.15) is 5.10 Å². The molecule has 0 bridgehead atoms. The average molecular weight is 348 g/mol. The number of hydrogen-bond donors (Lipinski definition) is 0. The van der Waals surface area contributed by atoms with E-state index in [1.165, 1.54) is 0 Å². The third kappa shape index (κ3) is 2.94. The van der Waals surface area contributed by atoms with E-state index in [2.05, 4.69) is 5.10 Å². The molecule has 24 heavy (non-hydrogen) atoms. The Morgan fingerprint density at radius 3 is 2.67 bits per heavy atom. The number of halogens is 1. The van der Waals surface area contributed by atoms with Crippen molar-refractivity contribution >= 4 is 17.5 Å². The third-order valence-corrected chi connectivity index (χ3v) is 5.08. The summed E-state index contributed by atoms with van der Waals surface area (Å²) in [4.78, 5) is 15.0. The molecule has 1 aromatic carbocycles. The van der Waals surface area contributed by atoms with Crippen LogP contribution in [0.25, 0.3) is 0 Å². The Morgan fingerprint density at radius 1 is 1.38 bits per heavy atom. The van der Waals surface area contributed by atoms with Crippen molar-refractivity contribution in [3.8, 4) is 0 Å². The summed E-state index contributed by atoms with van der Waals surface area (Å²) in [6, 6.07) is 9.55. The molecular weight excluding hydrogens is 326 g/mol. The van der Waals surface area contributed by atoms with Gasteiger partial charge in [0.1, 0.15) is 5.15 Å². The molecule has 2 aromatic rings. The zero-order valence-corrected chi connectivity index (χ0v) is 15.0. The number of aromatic nitrogens is 2. The minimum absolute atomic E-state index is 0.0227. The number of nitrogens with zero attached hydrogens (tertiary/aromatic N) is 3. The highest BCUT2D eigenvalue weighted by Crippen LogP contribution is 2.39. The summed E-state index contributed by atoms with van der Waals surface area (Å²) in [6.07, 6.45) is 1.25. The minimum atomic E-state index is -0.595. The number of rotatable bonds is 4. The molecule has 1 aromatic heterocycles. The number of benzene rings is 1. The largest absolute Gasteiger partial charge is 0.367 e. The highest BCUT2D eigenvalue weighted by molar-refractivity contribution is 6.30. The first-order valence-corrected chi connectivity index (χ1v) is 8.49. The van der Waals surface area contributed by atoms with Gasteiger partial charge in [0, 0.05) is 26.3 Å². The lowest BCUT2D eigenvalue weighted by Gasteiger charge is -2.28. The van der Waals surface area contributed by atoms with Crippen LogP contribution >= 0.6 is 11.6 Å². The maximum Gasteiger partial charge on any atom is 0.256 e. The SMILES string of the molecule is CO[C@@H](C(=O)N1CCC[C@H]1c1c(C)nn(C)c1Cl)c1ccccc1. The van der Waals surface area contributed by atoms with Crippen molar-refractivity contribution in [2.45, 2.75) is 31.9 Å². The molecule has 0 unspecified atom stereocenters. The van der Waals surface area contributed by atoms with Gasteiger partial charge in [-0.25, -0.2) is 0 Å². The van der Waals surface area contributed by atoms with Crippen molar-refractivity contribution in [3.05, 3.63) is 52.3 Å². The molecular formula is C18H22ClN3O2. The van der Waals surface area contributed by atoms with Crippen LogP contribution in [0.1, 0.15) is 41.8 Å². The van der Waals surface area contributed by atoms with E-state index in [1.807, 2.05) is 49.2 Å². The molecule has 1 amide bonds. The van der Waals surface area contributed by atoms with Crippen molar-refractivity contribution in [1.82, 2.24) is 14.7 Å². The molecule has 1 aliphatic rings. The van der Waals surface area contributed by atoms with Gasteiger partial charge in [0.15, 0.2) is 6.10 Å². The molecule has 2 heterocycles. The number of methoxy groups -OCH3 is 1. The third-order valence-electron chi connectivity index (χ3n) is 4.63. The van der Waals surface area contributed by atoms with E-state index in [0.29, 0.717) is 11.7 Å². The van der Waals surface area contributed by atoms with Crippen molar-refractivity contribution < 1.29 is 9.53 Å². The smallest absolute Gasteiger partial charge is 0.256 e. The van der Waals surface area contributed by atoms with E-state index in [9.17, 15) is 4.79 Å². The molecule has 1 fully saturated rings. The molecule has 128 valence electrons. The fourth-order valence-electron chi connectivity index (χ4n) is 3.51. The Balaban J connectivity index is 1.91. The van der Waals surface area contributed by atoms with Crippen LogP contribution in [0.2, 0.25) is 5.15 Å². The highest BCUT2D eigenvalue weighted by atomic mass is 35.5. The first-order valence-electron chi connectivity index (χ1n) is 8.11. The molecule has 5 nitrogen and oxygen atoms in total. The van der Waals surface area contributed by atoms with Crippen molar-refractivity contribution in [2.75, 3.05) is 13.7 Å². The molecule has 1 saturated heterocycles. The highest BCUT2D eigenvalue weighted by Gasteiger charge is 2.37. The number of ether oxygens (including phenoxy) is 1. The van der Waals surface area contributed by atoms with Crippen molar-refractivity contribution in [2.24, 2.45) is 7.05 Å². The topological polar surface area (TPSA) is 47.4 Å². The maximum absolute atomic E-state index is 13.1. The van der Waals surface area contributed by atoms with Crippen LogP contribution in [-0.2, 0) is 16.6 Å². The van der Waals surface area contributed by atoms with Crippen molar-refractivity contribution in [3.63, 3.8) is 0 Å². The lowest BCUT2D eigenvalue weighted by atomic mass is 10.0. The van der Waals surface area contributed by atoms with Crippen LogP contribution in [0, 0.1) is 6.92 Å². The van der Waals surface area contributed by atoms with Gasteiger partial charge in [-0.15, -0.1) is 0 Å². The summed E-state index contributed by atoms with van der Waals surface area (Å²) in [6.45, 7) is 2.65. The van der Waals surface area contributed by atoms with Crippen LogP contribution in [-0.4, -0.2) is 34.2 Å². The Labute approximate surface area is 147 Å². The van der Waals surface area contributed by atoms with Gasteiger partial charge in [-0.1, -0.05) is 41.9 Å². The maximum atomic E-state index is 13.1. The van der Waals surface area contributed by atoms with Gasteiger partial charge in [0.2, 0.25) is 0 Å². The van der Waals surface area contributed by atoms with Gasteiger partial charge in [0.05, 0.1) is 11.7 Å². The molecule has 2 atom stereocenters. The van der Waals surface area contributed by atoms with Gasteiger partial charge in [0.25, 0.3) is 5.91 Å². The zero-order valence-electron chi connectivity index (χ0n) is 14.2. The fraction of sp³-hybridized carbons (Fsp3) is 0.444. The molecule has 0 saturated carbocycles. The fourth-order valence-corrected chi connectivity index (χ4v) is 3.81. The lowest BCUT2D eigenvalue weighted by molar-refractivity contribution is -0.143. The van der Waals surface area contributed by atoms with Crippen LogP contribution in [0.15, 0.2) is 30.3 Å². The van der Waals surface area contributed by atoms with E-state index >= 15 is 0 Å². The Hall–Kier alpha value is -1.85. The number of amides is 1. The van der Waals surface area contributed by atoms with Crippen LogP contribution in [0.4, 0.5) is 0 Å². The molecule has 0 N–H and O–H groups in total. The number of carbonyl (C=O) groups is 1. The summed E-state index contributed by atoms with van der Waals surface area (Å²) >= 11 is 6.43. The van der Waals surface area contributed by atoms with Crippen LogP contribution < -0.4 is 0 Å². The molecule has 0 aliphatic carbocycles. The normalized spacial score (nSPS) is 18.8. The molecule has 3 rings (SSSR count). The average Bonchev–Trinajstić information content (AvgIpc) is 3.14. The number of carbonyl (C=O) groups excluding carboxylic acids is 1. The lowest BCUT2D eigenvalue weighted by Crippen LogP contribution is -2.35. The van der Waals surface area contributed by atoms with Gasteiger partial charge in [-0.05, 0) is 25.3 Å². The van der Waals surface area contributed by atoms with Crippen LogP contribution in [0.5, 0.6) is 0 Å². The standard InChI is InChI=1S/C18H22ClN3O2/c1-12-15(17(19)21(2)20-12)14-10-7-11-22(14)18(23)16(24-3)13-8-5-4-6-9-13/h4-6,8-9,14,16H,7,10-11H2,1-3H3/t14-,16+/m0/s1. The predicted octanol–water partition coefficient (Wildman–Crippen LogP) is 3.43. The zero-order chi connectivity index (χ0) is 17.3. The summed E-state index contributed by atoms with van der Waals surface area (Å²) < 4.78 is 7.18. The van der Waals surface area contributed by atoms with Crippen LogP contribution in [0.3, 0.4) is 0 Å². The molecule has 0 radical (unpaired) electrons. The van der Waals surface area contributed by atoms with Crippen molar-refractivity contribution in [1.29, 1.82) is 0 Å². The quantitative estimate of drug-likeness (QED) is 0.851. The van der Waals surface area contributed by atoms with Gasteiger partial charge in [-0.3, -0.25) is 9.48 Å². The van der Waals surface area contributed by atoms with E-state index in [4.69, 9.17) is 16.3 Å². The monoisotopic (exact) mass is 347 g/mol. The molecule has 0 spiro atoms. The second-order valence-corrected chi connectivity index (χ2v) is 6.49. The minimum Gasteiger partial charge on any atom is -0.367 e. The van der Waals surface area contributed by atoms with E-state index < -0.39 is 6.10 Å². The number of aryl methyl sites for hydroxylation is 2. The predicted molar refractivity (Wildman–Crippen MR) is 92.8 cm³/mol. The van der Waals surface area contributed by atoms with E-state index in [-0.39, 0.29) is 11.9 Å². The number of likely N-dealkylation sites (tertiary alicyclic amines) is 1. The Morgan fingerprint density at radius 2 is 2.08 bits per heavy atom. The summed E-state index contributed by atoms with van der Waals surface area (Å²) in [5, 5.41) is 4.99. The first-order chi connectivity index (χ1) is 11.5. The Kier molecular flexibility index (Phi) is 4.92.